The number of anilines is 1. The third-order valence-corrected chi connectivity index (χ3v) is 3.73. The van der Waals surface area contributed by atoms with Crippen molar-refractivity contribution in [1.82, 2.24) is 4.98 Å². The quantitative estimate of drug-likeness (QED) is 0.878. The molecule has 16 heavy (non-hydrogen) atoms. The molecule has 1 saturated carbocycles. The number of pyridine rings is 1. The van der Waals surface area contributed by atoms with E-state index in [2.05, 4.69) is 46.1 Å². The van der Waals surface area contributed by atoms with Gasteiger partial charge in [0.05, 0.1) is 4.47 Å². The minimum atomic E-state index is 0.569. The number of hydrogen-bond donors (Lipinski definition) is 1. The van der Waals surface area contributed by atoms with E-state index in [9.17, 15) is 0 Å². The summed E-state index contributed by atoms with van der Waals surface area (Å²) >= 11 is 3.56. The molecule has 1 aliphatic rings. The lowest BCUT2D eigenvalue weighted by molar-refractivity contribution is 0.585. The summed E-state index contributed by atoms with van der Waals surface area (Å²) in [6.07, 6.45) is 7.20. The first-order valence-corrected chi connectivity index (χ1v) is 6.87. The van der Waals surface area contributed by atoms with Crippen LogP contribution in [-0.2, 0) is 0 Å². The maximum Gasteiger partial charge on any atom is 0.140 e. The van der Waals surface area contributed by atoms with Crippen molar-refractivity contribution in [3.8, 4) is 0 Å². The van der Waals surface area contributed by atoms with Gasteiger partial charge in [-0.05, 0) is 53.2 Å². The molecule has 0 bridgehead atoms. The van der Waals surface area contributed by atoms with E-state index in [1.807, 2.05) is 6.20 Å². The van der Waals surface area contributed by atoms with Crippen LogP contribution in [0.2, 0.25) is 0 Å². The third-order valence-electron chi connectivity index (χ3n) is 3.13. The van der Waals surface area contributed by atoms with E-state index in [4.69, 9.17) is 0 Å². The fourth-order valence-corrected chi connectivity index (χ4v) is 2.49. The van der Waals surface area contributed by atoms with Crippen molar-refractivity contribution in [1.29, 1.82) is 0 Å². The molecule has 88 valence electrons. The Hall–Kier alpha value is -0.570. The Bertz CT molecular complexity index is 361. The second-order valence-corrected chi connectivity index (χ2v) is 5.63. The number of rotatable bonds is 5. The van der Waals surface area contributed by atoms with Crippen LogP contribution < -0.4 is 5.32 Å². The summed E-state index contributed by atoms with van der Waals surface area (Å²) in [6, 6.07) is 2.68. The number of hydrogen-bond acceptors (Lipinski definition) is 2. The fraction of sp³-hybridized carbons (Fsp3) is 0.615. The average molecular weight is 283 g/mol. The molecule has 0 radical (unpaired) electrons. The first kappa shape index (κ1) is 11.9. The molecule has 1 fully saturated rings. The molecule has 1 aliphatic carbocycles. The molecule has 1 aromatic heterocycles. The summed E-state index contributed by atoms with van der Waals surface area (Å²) < 4.78 is 1.07. The van der Waals surface area contributed by atoms with Gasteiger partial charge in [-0.3, -0.25) is 0 Å². The van der Waals surface area contributed by atoms with Crippen molar-refractivity contribution in [2.75, 3.05) is 5.32 Å². The third kappa shape index (κ3) is 3.21. The molecule has 1 N–H and O–H groups in total. The highest BCUT2D eigenvalue weighted by molar-refractivity contribution is 9.10. The number of aromatic nitrogens is 1. The molecule has 0 spiro atoms. The Morgan fingerprint density at radius 1 is 1.56 bits per heavy atom. The van der Waals surface area contributed by atoms with Crippen molar-refractivity contribution >= 4 is 21.7 Å². The number of nitrogens with one attached hydrogen (secondary N) is 1. The summed E-state index contributed by atoms with van der Waals surface area (Å²) in [6.45, 7) is 4.30. The molecule has 0 amide bonds. The Kier molecular flexibility index (Phi) is 3.85. The SMILES string of the molecule is CCC(CC1CC1)Nc1ncc(C)cc1Br. The van der Waals surface area contributed by atoms with Gasteiger partial charge in [0.1, 0.15) is 5.82 Å². The van der Waals surface area contributed by atoms with E-state index in [-0.39, 0.29) is 0 Å². The Labute approximate surface area is 106 Å². The van der Waals surface area contributed by atoms with Crippen LogP contribution in [0, 0.1) is 12.8 Å². The molecule has 3 heteroatoms. The predicted molar refractivity (Wildman–Crippen MR) is 71.7 cm³/mol. The van der Waals surface area contributed by atoms with E-state index in [0.717, 1.165) is 16.2 Å². The van der Waals surface area contributed by atoms with Crippen molar-refractivity contribution in [2.45, 2.75) is 45.6 Å². The van der Waals surface area contributed by atoms with Gasteiger partial charge in [-0.15, -0.1) is 0 Å². The van der Waals surface area contributed by atoms with Crippen molar-refractivity contribution in [3.05, 3.63) is 22.3 Å². The van der Waals surface area contributed by atoms with Gasteiger partial charge in [0.2, 0.25) is 0 Å². The van der Waals surface area contributed by atoms with E-state index >= 15 is 0 Å². The zero-order valence-corrected chi connectivity index (χ0v) is 11.5. The summed E-state index contributed by atoms with van der Waals surface area (Å²) in [5.41, 5.74) is 1.19. The van der Waals surface area contributed by atoms with Crippen LogP contribution in [0.1, 0.15) is 38.2 Å². The molecule has 0 aliphatic heterocycles. The predicted octanol–water partition coefficient (Wildman–Crippen LogP) is 4.14. The monoisotopic (exact) mass is 282 g/mol. The van der Waals surface area contributed by atoms with Gasteiger partial charge >= 0.3 is 0 Å². The molecular weight excluding hydrogens is 264 g/mol. The lowest BCUT2D eigenvalue weighted by atomic mass is 10.1. The van der Waals surface area contributed by atoms with Crippen molar-refractivity contribution < 1.29 is 0 Å². The van der Waals surface area contributed by atoms with Gasteiger partial charge in [0.25, 0.3) is 0 Å². The topological polar surface area (TPSA) is 24.9 Å². The molecule has 2 rings (SSSR count). The first-order valence-electron chi connectivity index (χ1n) is 6.07. The second-order valence-electron chi connectivity index (χ2n) is 4.77. The molecule has 2 nitrogen and oxygen atoms in total. The van der Waals surface area contributed by atoms with E-state index in [1.165, 1.54) is 31.2 Å². The minimum Gasteiger partial charge on any atom is -0.366 e. The number of nitrogens with zero attached hydrogens (tertiary/aromatic N) is 1. The second kappa shape index (κ2) is 5.17. The van der Waals surface area contributed by atoms with Crippen LogP contribution in [0.4, 0.5) is 5.82 Å². The van der Waals surface area contributed by atoms with Gasteiger partial charge in [0.15, 0.2) is 0 Å². The normalized spacial score (nSPS) is 17.2. The zero-order valence-electron chi connectivity index (χ0n) is 9.96. The van der Waals surface area contributed by atoms with Crippen LogP contribution in [0.5, 0.6) is 0 Å². The van der Waals surface area contributed by atoms with Gasteiger partial charge in [-0.25, -0.2) is 4.98 Å². The number of halogens is 1. The molecule has 1 unspecified atom stereocenters. The molecular formula is C13H19BrN2. The maximum absolute atomic E-state index is 4.44. The molecule has 0 aromatic carbocycles. The fourth-order valence-electron chi connectivity index (χ4n) is 1.92. The molecule has 1 aromatic rings. The van der Waals surface area contributed by atoms with Gasteiger partial charge < -0.3 is 5.32 Å². The van der Waals surface area contributed by atoms with Crippen LogP contribution in [-0.4, -0.2) is 11.0 Å². The van der Waals surface area contributed by atoms with Gasteiger partial charge in [0, 0.05) is 12.2 Å². The summed E-state index contributed by atoms with van der Waals surface area (Å²) in [5, 5.41) is 3.54. The summed E-state index contributed by atoms with van der Waals surface area (Å²) in [4.78, 5) is 4.44. The standard InChI is InChI=1S/C13H19BrN2/c1-3-11(7-10-4-5-10)16-13-12(14)6-9(2)8-15-13/h6,8,10-11H,3-5,7H2,1-2H3,(H,15,16). The molecule has 0 saturated heterocycles. The van der Waals surface area contributed by atoms with Gasteiger partial charge in [-0.1, -0.05) is 19.8 Å². The van der Waals surface area contributed by atoms with Crippen LogP contribution >= 0.6 is 15.9 Å². The van der Waals surface area contributed by atoms with Crippen molar-refractivity contribution in [3.63, 3.8) is 0 Å². The average Bonchev–Trinajstić information content (AvgIpc) is 3.04. The highest BCUT2D eigenvalue weighted by Crippen LogP contribution is 2.35. The smallest absolute Gasteiger partial charge is 0.140 e. The molecule has 1 atom stereocenters. The summed E-state index contributed by atoms with van der Waals surface area (Å²) in [7, 11) is 0. The van der Waals surface area contributed by atoms with E-state index in [1.54, 1.807) is 0 Å². The number of aryl methyl sites for hydroxylation is 1. The van der Waals surface area contributed by atoms with E-state index < -0.39 is 0 Å². The van der Waals surface area contributed by atoms with Crippen LogP contribution in [0.3, 0.4) is 0 Å². The highest BCUT2D eigenvalue weighted by atomic mass is 79.9. The Morgan fingerprint density at radius 3 is 2.88 bits per heavy atom. The largest absolute Gasteiger partial charge is 0.366 e. The highest BCUT2D eigenvalue weighted by Gasteiger charge is 2.25. The minimum absolute atomic E-state index is 0.569. The summed E-state index contributed by atoms with van der Waals surface area (Å²) in [5.74, 6) is 1.94. The lowest BCUT2D eigenvalue weighted by Crippen LogP contribution is -2.20. The molecule has 1 heterocycles. The van der Waals surface area contributed by atoms with Crippen LogP contribution in [0.25, 0.3) is 0 Å². The Morgan fingerprint density at radius 2 is 2.31 bits per heavy atom. The van der Waals surface area contributed by atoms with E-state index in [0.29, 0.717) is 6.04 Å². The van der Waals surface area contributed by atoms with Gasteiger partial charge in [-0.2, -0.15) is 0 Å². The first-order chi connectivity index (χ1) is 7.69. The maximum atomic E-state index is 4.44. The van der Waals surface area contributed by atoms with Crippen LogP contribution in [0.15, 0.2) is 16.7 Å². The zero-order chi connectivity index (χ0) is 11.5. The van der Waals surface area contributed by atoms with Crippen molar-refractivity contribution in [2.24, 2.45) is 5.92 Å². The Balaban J connectivity index is 1.99. The lowest BCUT2D eigenvalue weighted by Gasteiger charge is -2.18.